The third-order valence-electron chi connectivity index (χ3n) is 4.20. The van der Waals surface area contributed by atoms with E-state index < -0.39 is 0 Å². The summed E-state index contributed by atoms with van der Waals surface area (Å²) in [7, 11) is 1.65. The minimum Gasteiger partial charge on any atom is -0.403 e. The minimum absolute atomic E-state index is 0.160. The Labute approximate surface area is 163 Å². The van der Waals surface area contributed by atoms with Gasteiger partial charge < -0.3 is 20.0 Å². The number of aryl methyl sites for hydroxylation is 1. The van der Waals surface area contributed by atoms with Crippen LogP contribution in [0.3, 0.4) is 0 Å². The summed E-state index contributed by atoms with van der Waals surface area (Å²) in [5, 5.41) is 10.9. The topological polar surface area (TPSA) is 99.0 Å². The molecule has 27 heavy (non-hydrogen) atoms. The first-order valence-corrected chi connectivity index (χ1v) is 9.11. The van der Waals surface area contributed by atoms with Gasteiger partial charge in [0.1, 0.15) is 5.82 Å². The van der Waals surface area contributed by atoms with Crippen molar-refractivity contribution in [2.75, 3.05) is 18.4 Å². The highest BCUT2D eigenvalue weighted by Gasteiger charge is 2.19. The predicted molar refractivity (Wildman–Crippen MR) is 104 cm³/mol. The van der Waals surface area contributed by atoms with E-state index in [1.54, 1.807) is 32.3 Å². The number of aromatic nitrogens is 3. The molecule has 3 aromatic rings. The summed E-state index contributed by atoms with van der Waals surface area (Å²) in [4.78, 5) is 12.4. The van der Waals surface area contributed by atoms with E-state index in [2.05, 4.69) is 31.4 Å². The summed E-state index contributed by atoms with van der Waals surface area (Å²) in [6, 6.07) is 5.08. The van der Waals surface area contributed by atoms with Crippen LogP contribution in [0.4, 0.5) is 10.4 Å². The zero-order valence-corrected chi connectivity index (χ0v) is 16.5. The Hall–Kier alpha value is -2.52. The zero-order valence-electron chi connectivity index (χ0n) is 14.9. The quantitative estimate of drug-likeness (QED) is 0.617. The van der Waals surface area contributed by atoms with Crippen molar-refractivity contribution in [1.82, 2.24) is 14.8 Å². The highest BCUT2D eigenvalue weighted by molar-refractivity contribution is 9.10. The molecule has 0 aliphatic rings. The summed E-state index contributed by atoms with van der Waals surface area (Å²) in [5.41, 5.74) is 7.51. The molecule has 0 aliphatic heterocycles. The molecule has 3 rings (SSSR count). The molecule has 0 fully saturated rings. The van der Waals surface area contributed by atoms with E-state index in [1.807, 2.05) is 0 Å². The van der Waals surface area contributed by atoms with Crippen LogP contribution in [0.25, 0.3) is 11.5 Å². The molecule has 142 valence electrons. The highest BCUT2D eigenvalue weighted by atomic mass is 79.9. The molecule has 0 saturated heterocycles. The van der Waals surface area contributed by atoms with E-state index in [4.69, 9.17) is 10.2 Å². The second-order valence-electron chi connectivity index (χ2n) is 6.10. The third-order valence-corrected chi connectivity index (χ3v) is 4.69. The molecular weight excluding hydrogens is 417 g/mol. The Kier molecular flexibility index (Phi) is 5.71. The lowest BCUT2D eigenvalue weighted by molar-refractivity contribution is 0.579. The van der Waals surface area contributed by atoms with Gasteiger partial charge in [-0.2, -0.15) is 0 Å². The van der Waals surface area contributed by atoms with Crippen LogP contribution in [0.2, 0.25) is 0 Å². The van der Waals surface area contributed by atoms with Gasteiger partial charge in [-0.1, -0.05) is 27.1 Å². The van der Waals surface area contributed by atoms with E-state index in [0.717, 1.165) is 0 Å². The molecule has 0 aliphatic carbocycles. The number of anilines is 1. The van der Waals surface area contributed by atoms with Crippen molar-refractivity contribution in [3.8, 4) is 11.5 Å². The fourth-order valence-corrected chi connectivity index (χ4v) is 3.11. The normalized spacial score (nSPS) is 11.0. The third kappa shape index (κ3) is 4.09. The van der Waals surface area contributed by atoms with Crippen molar-refractivity contribution in [2.45, 2.75) is 13.3 Å². The lowest BCUT2D eigenvalue weighted by atomic mass is 9.97. The lowest BCUT2D eigenvalue weighted by Crippen LogP contribution is -2.21. The number of hydrogen-bond acceptors (Lipinski definition) is 6. The van der Waals surface area contributed by atoms with Gasteiger partial charge in [-0.3, -0.25) is 4.79 Å². The number of rotatable bonds is 6. The molecule has 2 aromatic heterocycles. The van der Waals surface area contributed by atoms with Gasteiger partial charge in [0.25, 0.3) is 11.4 Å². The van der Waals surface area contributed by atoms with E-state index >= 15 is 0 Å². The van der Waals surface area contributed by atoms with Crippen LogP contribution in [-0.2, 0) is 13.5 Å². The number of nitrogens with two attached hydrogens (primary N) is 1. The number of benzene rings is 1. The van der Waals surface area contributed by atoms with Crippen LogP contribution >= 0.6 is 15.9 Å². The van der Waals surface area contributed by atoms with E-state index in [-0.39, 0.29) is 29.7 Å². The summed E-state index contributed by atoms with van der Waals surface area (Å²) in [5.74, 6) is -0.105. The maximum atomic E-state index is 14.3. The molecule has 3 N–H and O–H groups in total. The van der Waals surface area contributed by atoms with Crippen molar-refractivity contribution in [1.29, 1.82) is 0 Å². The van der Waals surface area contributed by atoms with Crippen molar-refractivity contribution in [3.05, 3.63) is 61.7 Å². The summed E-state index contributed by atoms with van der Waals surface area (Å²) < 4.78 is 22.1. The maximum Gasteiger partial charge on any atom is 0.315 e. The van der Waals surface area contributed by atoms with Gasteiger partial charge in [0.2, 0.25) is 0 Å². The first kappa shape index (κ1) is 19.2. The van der Waals surface area contributed by atoms with Crippen molar-refractivity contribution in [3.63, 3.8) is 0 Å². The average Bonchev–Trinajstić information content (AvgIpc) is 3.10. The van der Waals surface area contributed by atoms with Gasteiger partial charge in [-0.15, -0.1) is 5.10 Å². The van der Waals surface area contributed by atoms with E-state index in [1.165, 1.54) is 10.6 Å². The Morgan fingerprint density at radius 2 is 2.15 bits per heavy atom. The molecule has 1 aromatic carbocycles. The monoisotopic (exact) mass is 435 g/mol. The number of nitrogens with one attached hydrogen (secondary N) is 1. The molecule has 0 saturated carbocycles. The minimum atomic E-state index is -0.355. The second-order valence-corrected chi connectivity index (χ2v) is 7.02. The summed E-state index contributed by atoms with van der Waals surface area (Å²) in [6.07, 6.45) is 1.85. The Morgan fingerprint density at radius 3 is 2.85 bits per heavy atom. The van der Waals surface area contributed by atoms with Gasteiger partial charge in [0, 0.05) is 42.8 Å². The maximum absolute atomic E-state index is 14.3. The standard InChI is InChI=1S/C18H19BrFN5O2/c1-10-13(7-11-3-4-12(19)8-15(11)20)14(9-25(2)17(10)26)16-23-24-18(27-16)22-6-5-21/h3-4,8-9H,5-7,21H2,1-2H3,(H,22,24). The van der Waals surface area contributed by atoms with Gasteiger partial charge in [0.05, 0.1) is 5.56 Å². The fourth-order valence-electron chi connectivity index (χ4n) is 2.78. The molecule has 0 atom stereocenters. The van der Waals surface area contributed by atoms with Crippen LogP contribution < -0.4 is 16.6 Å². The Morgan fingerprint density at radius 1 is 1.37 bits per heavy atom. The first-order valence-electron chi connectivity index (χ1n) is 8.31. The molecule has 7 nitrogen and oxygen atoms in total. The van der Waals surface area contributed by atoms with Crippen LogP contribution in [0.15, 0.2) is 38.1 Å². The van der Waals surface area contributed by atoms with E-state index in [0.29, 0.717) is 39.8 Å². The Bertz CT molecular complexity index is 1030. The van der Waals surface area contributed by atoms with Crippen LogP contribution in [-0.4, -0.2) is 27.9 Å². The summed E-state index contributed by atoms with van der Waals surface area (Å²) >= 11 is 3.25. The molecule has 2 heterocycles. The molecule has 0 bridgehead atoms. The van der Waals surface area contributed by atoms with Crippen molar-refractivity contribution in [2.24, 2.45) is 12.8 Å². The van der Waals surface area contributed by atoms with Crippen LogP contribution in [0.5, 0.6) is 0 Å². The molecule has 0 unspecified atom stereocenters. The molecule has 9 heteroatoms. The molecule has 0 spiro atoms. The molecule has 0 radical (unpaired) electrons. The molecule has 0 amide bonds. The van der Waals surface area contributed by atoms with Crippen molar-refractivity contribution >= 4 is 21.9 Å². The van der Waals surface area contributed by atoms with Gasteiger partial charge in [-0.05, 0) is 30.2 Å². The zero-order chi connectivity index (χ0) is 19.6. The predicted octanol–water partition coefficient (Wildman–Crippen LogP) is 2.61. The van der Waals surface area contributed by atoms with Crippen LogP contribution in [0.1, 0.15) is 16.7 Å². The van der Waals surface area contributed by atoms with Crippen LogP contribution in [0, 0.1) is 12.7 Å². The smallest absolute Gasteiger partial charge is 0.315 e. The van der Waals surface area contributed by atoms with Gasteiger partial charge in [0.15, 0.2) is 0 Å². The summed E-state index contributed by atoms with van der Waals surface area (Å²) in [6.45, 7) is 2.62. The largest absolute Gasteiger partial charge is 0.403 e. The van der Waals surface area contributed by atoms with Gasteiger partial charge >= 0.3 is 6.01 Å². The number of halogens is 2. The van der Waals surface area contributed by atoms with Crippen molar-refractivity contribution < 1.29 is 8.81 Å². The first-order chi connectivity index (χ1) is 12.9. The molecular formula is C18H19BrFN5O2. The number of pyridine rings is 1. The van der Waals surface area contributed by atoms with E-state index in [9.17, 15) is 9.18 Å². The SMILES string of the molecule is Cc1c(Cc2ccc(Br)cc2F)c(-c2nnc(NCCN)o2)cn(C)c1=O. The van der Waals surface area contributed by atoms with Gasteiger partial charge in [-0.25, -0.2) is 4.39 Å². The average molecular weight is 436 g/mol. The highest BCUT2D eigenvalue weighted by Crippen LogP contribution is 2.28. The lowest BCUT2D eigenvalue weighted by Gasteiger charge is -2.13. The Balaban J connectivity index is 2.08. The fraction of sp³-hybridized carbons (Fsp3) is 0.278. The number of nitrogens with zero attached hydrogens (tertiary/aromatic N) is 3. The number of hydrogen-bond donors (Lipinski definition) is 2. The second kappa shape index (κ2) is 8.01.